The van der Waals surface area contributed by atoms with Gasteiger partial charge in [0.1, 0.15) is 5.75 Å². The van der Waals surface area contributed by atoms with Gasteiger partial charge in [0, 0.05) is 26.2 Å². The molecule has 2 aliphatic heterocycles. The van der Waals surface area contributed by atoms with E-state index in [0.717, 1.165) is 31.5 Å². The van der Waals surface area contributed by atoms with E-state index in [2.05, 4.69) is 0 Å². The summed E-state index contributed by atoms with van der Waals surface area (Å²) in [4.78, 5) is 28.6. The summed E-state index contributed by atoms with van der Waals surface area (Å²) in [5, 5.41) is 9.89. The predicted molar refractivity (Wildman–Crippen MR) is 82.7 cm³/mol. The minimum atomic E-state index is -0.182. The molecule has 3 rings (SSSR count). The molecule has 1 unspecified atom stereocenters. The maximum absolute atomic E-state index is 12.6. The molecule has 2 heterocycles. The first kappa shape index (κ1) is 14.9. The fraction of sp³-hybridized carbons (Fsp3) is 0.529. The monoisotopic (exact) mass is 302 g/mol. The van der Waals surface area contributed by atoms with E-state index in [-0.39, 0.29) is 23.5 Å². The van der Waals surface area contributed by atoms with Crippen molar-refractivity contribution in [2.45, 2.75) is 26.2 Å². The van der Waals surface area contributed by atoms with Gasteiger partial charge in [-0.1, -0.05) is 11.6 Å². The predicted octanol–water partition coefficient (Wildman–Crippen LogP) is 1.79. The molecule has 1 aromatic carbocycles. The van der Waals surface area contributed by atoms with Gasteiger partial charge in [0.05, 0.1) is 11.5 Å². The van der Waals surface area contributed by atoms with E-state index in [1.807, 2.05) is 11.8 Å². The number of nitrogens with zero attached hydrogens (tertiary/aromatic N) is 2. The number of hydrogen-bond acceptors (Lipinski definition) is 3. The number of likely N-dealkylation sites (tertiary alicyclic amines) is 2. The van der Waals surface area contributed by atoms with Gasteiger partial charge in [-0.15, -0.1) is 0 Å². The highest BCUT2D eigenvalue weighted by molar-refractivity contribution is 5.97. The number of rotatable bonds is 2. The summed E-state index contributed by atoms with van der Waals surface area (Å²) in [5.41, 5.74) is 1.26. The van der Waals surface area contributed by atoms with Gasteiger partial charge >= 0.3 is 0 Å². The van der Waals surface area contributed by atoms with Crippen LogP contribution in [0.25, 0.3) is 0 Å². The maximum atomic E-state index is 12.6. The third kappa shape index (κ3) is 2.80. The van der Waals surface area contributed by atoms with Crippen LogP contribution in [0.2, 0.25) is 0 Å². The molecule has 0 aromatic heterocycles. The number of carbonyl (C=O) groups is 2. The van der Waals surface area contributed by atoms with Crippen molar-refractivity contribution in [3.05, 3.63) is 29.3 Å². The molecule has 1 atom stereocenters. The Morgan fingerprint density at radius 3 is 2.59 bits per heavy atom. The van der Waals surface area contributed by atoms with Crippen molar-refractivity contribution in [2.24, 2.45) is 5.92 Å². The van der Waals surface area contributed by atoms with Gasteiger partial charge in [0.2, 0.25) is 5.91 Å². The lowest BCUT2D eigenvalue weighted by Gasteiger charge is -2.21. The highest BCUT2D eigenvalue weighted by atomic mass is 16.3. The zero-order valence-electron chi connectivity index (χ0n) is 12.9. The van der Waals surface area contributed by atoms with Gasteiger partial charge in [-0.2, -0.15) is 0 Å². The molecule has 5 nitrogen and oxygen atoms in total. The van der Waals surface area contributed by atoms with Crippen molar-refractivity contribution in [2.75, 3.05) is 26.2 Å². The van der Waals surface area contributed by atoms with Crippen molar-refractivity contribution >= 4 is 11.8 Å². The van der Waals surface area contributed by atoms with Crippen LogP contribution in [-0.2, 0) is 4.79 Å². The molecule has 2 saturated heterocycles. The minimum Gasteiger partial charge on any atom is -0.507 e. The third-order valence-electron chi connectivity index (χ3n) is 4.62. The lowest BCUT2D eigenvalue weighted by Crippen LogP contribution is -2.36. The molecule has 0 spiro atoms. The lowest BCUT2D eigenvalue weighted by molar-refractivity contribution is -0.133. The van der Waals surface area contributed by atoms with Gasteiger partial charge in [0.15, 0.2) is 0 Å². The van der Waals surface area contributed by atoms with E-state index in [4.69, 9.17) is 0 Å². The van der Waals surface area contributed by atoms with Gasteiger partial charge < -0.3 is 14.9 Å². The summed E-state index contributed by atoms with van der Waals surface area (Å²) in [5.74, 6) is -0.0851. The second-order valence-electron chi connectivity index (χ2n) is 6.29. The van der Waals surface area contributed by atoms with Crippen molar-refractivity contribution in [3.8, 4) is 5.75 Å². The fourth-order valence-electron chi connectivity index (χ4n) is 3.33. The fourth-order valence-corrected chi connectivity index (χ4v) is 3.33. The van der Waals surface area contributed by atoms with Crippen LogP contribution in [0.1, 0.15) is 35.2 Å². The molecular formula is C17H22N2O3. The Balaban J connectivity index is 1.68. The van der Waals surface area contributed by atoms with Crippen LogP contribution < -0.4 is 0 Å². The molecule has 118 valence electrons. The van der Waals surface area contributed by atoms with Gasteiger partial charge in [-0.3, -0.25) is 9.59 Å². The molecular weight excluding hydrogens is 280 g/mol. The van der Waals surface area contributed by atoms with E-state index in [9.17, 15) is 14.7 Å². The Labute approximate surface area is 130 Å². The lowest BCUT2D eigenvalue weighted by atomic mass is 10.1. The standard InChI is InChI=1S/C17H22N2O3/c1-12-4-5-15(20)14(10-12)17(22)19-9-6-13(11-19)16(21)18-7-2-3-8-18/h4-5,10,13,20H,2-3,6-9,11H2,1H3. The van der Waals surface area contributed by atoms with Crippen LogP contribution in [0.5, 0.6) is 5.75 Å². The van der Waals surface area contributed by atoms with Crippen LogP contribution in [-0.4, -0.2) is 52.9 Å². The summed E-state index contributed by atoms with van der Waals surface area (Å²) in [7, 11) is 0. The number of amides is 2. The van der Waals surface area contributed by atoms with Gasteiger partial charge in [-0.05, 0) is 38.3 Å². The Morgan fingerprint density at radius 2 is 1.86 bits per heavy atom. The molecule has 2 aliphatic rings. The largest absolute Gasteiger partial charge is 0.507 e. The zero-order valence-corrected chi connectivity index (χ0v) is 12.9. The van der Waals surface area contributed by atoms with E-state index in [0.29, 0.717) is 25.1 Å². The topological polar surface area (TPSA) is 60.9 Å². The van der Waals surface area contributed by atoms with Crippen LogP contribution in [0.4, 0.5) is 0 Å². The number of aryl methyl sites for hydroxylation is 1. The Bertz CT molecular complexity index is 594. The average molecular weight is 302 g/mol. The molecule has 0 radical (unpaired) electrons. The summed E-state index contributed by atoms with van der Waals surface area (Å²) in [6, 6.07) is 5.02. The maximum Gasteiger partial charge on any atom is 0.257 e. The second kappa shape index (κ2) is 5.99. The van der Waals surface area contributed by atoms with Crippen LogP contribution in [0, 0.1) is 12.8 Å². The van der Waals surface area contributed by atoms with E-state index >= 15 is 0 Å². The van der Waals surface area contributed by atoms with Crippen LogP contribution in [0.15, 0.2) is 18.2 Å². The number of benzene rings is 1. The first-order chi connectivity index (χ1) is 10.6. The van der Waals surface area contributed by atoms with Crippen molar-refractivity contribution < 1.29 is 14.7 Å². The molecule has 5 heteroatoms. The summed E-state index contributed by atoms with van der Waals surface area (Å²) >= 11 is 0. The summed E-state index contributed by atoms with van der Waals surface area (Å²) < 4.78 is 0. The molecule has 2 amide bonds. The quantitative estimate of drug-likeness (QED) is 0.906. The van der Waals surface area contributed by atoms with Crippen molar-refractivity contribution in [1.82, 2.24) is 9.80 Å². The number of carbonyl (C=O) groups excluding carboxylic acids is 2. The van der Waals surface area contributed by atoms with Crippen molar-refractivity contribution in [3.63, 3.8) is 0 Å². The molecule has 1 N–H and O–H groups in total. The molecule has 22 heavy (non-hydrogen) atoms. The van der Waals surface area contributed by atoms with E-state index in [1.54, 1.807) is 23.1 Å². The molecule has 2 fully saturated rings. The first-order valence-corrected chi connectivity index (χ1v) is 7.94. The summed E-state index contributed by atoms with van der Waals surface area (Å²) in [6.07, 6.45) is 2.88. The number of phenols is 1. The SMILES string of the molecule is Cc1ccc(O)c(C(=O)N2CCC(C(=O)N3CCCC3)C2)c1. The van der Waals surface area contributed by atoms with E-state index < -0.39 is 0 Å². The zero-order chi connectivity index (χ0) is 15.7. The molecule has 0 saturated carbocycles. The highest BCUT2D eigenvalue weighted by Crippen LogP contribution is 2.26. The first-order valence-electron chi connectivity index (χ1n) is 7.94. The van der Waals surface area contributed by atoms with Gasteiger partial charge in [0.25, 0.3) is 5.91 Å². The normalized spacial score (nSPS) is 21.4. The van der Waals surface area contributed by atoms with Crippen LogP contribution in [0.3, 0.4) is 0 Å². The average Bonchev–Trinajstić information content (AvgIpc) is 3.19. The molecule has 0 aliphatic carbocycles. The Morgan fingerprint density at radius 1 is 1.14 bits per heavy atom. The Hall–Kier alpha value is -2.04. The molecule has 0 bridgehead atoms. The smallest absolute Gasteiger partial charge is 0.257 e. The third-order valence-corrected chi connectivity index (χ3v) is 4.62. The summed E-state index contributed by atoms with van der Waals surface area (Å²) in [6.45, 7) is 4.63. The van der Waals surface area contributed by atoms with Crippen LogP contribution >= 0.6 is 0 Å². The highest BCUT2D eigenvalue weighted by Gasteiger charge is 2.35. The number of phenolic OH excluding ortho intramolecular Hbond substituents is 1. The molecule has 1 aromatic rings. The van der Waals surface area contributed by atoms with E-state index in [1.165, 1.54) is 0 Å². The number of hydrogen-bond donors (Lipinski definition) is 1. The Kier molecular flexibility index (Phi) is 4.05. The second-order valence-corrected chi connectivity index (χ2v) is 6.29. The van der Waals surface area contributed by atoms with Crippen molar-refractivity contribution in [1.29, 1.82) is 0 Å². The number of aromatic hydroxyl groups is 1. The minimum absolute atomic E-state index is 0.00456. The van der Waals surface area contributed by atoms with Gasteiger partial charge in [-0.25, -0.2) is 0 Å².